The van der Waals surface area contributed by atoms with E-state index in [0.29, 0.717) is 18.0 Å². The molecule has 0 spiro atoms. The lowest BCUT2D eigenvalue weighted by molar-refractivity contribution is -0.245. The number of carbonyl (C=O) groups excluding carboxylic acids is 2. The summed E-state index contributed by atoms with van der Waals surface area (Å²) in [7, 11) is 1.34. The maximum Gasteiger partial charge on any atom is 0.202 e. The van der Waals surface area contributed by atoms with Crippen LogP contribution in [0.1, 0.15) is 82.7 Å². The Labute approximate surface area is 309 Å². The maximum absolute atomic E-state index is 14.0. The number of hydrazone groups is 1. The van der Waals surface area contributed by atoms with Gasteiger partial charge in [0.2, 0.25) is 5.78 Å². The van der Waals surface area contributed by atoms with Gasteiger partial charge in [0.05, 0.1) is 60.5 Å². The molecule has 6 rings (SSSR count). The van der Waals surface area contributed by atoms with Crippen LogP contribution in [-0.4, -0.2) is 86.7 Å². The molecule has 3 aromatic carbocycles. The molecule has 278 valence electrons. The van der Waals surface area contributed by atoms with Crippen molar-refractivity contribution in [2.24, 2.45) is 10.2 Å². The largest absolute Gasteiger partial charge is 0.507 e. The van der Waals surface area contributed by atoms with E-state index in [4.69, 9.17) is 36.7 Å². The second-order valence-corrected chi connectivity index (χ2v) is 13.3. The number of nitrogens with zero attached hydrogens (tertiary/aromatic N) is 4. The van der Waals surface area contributed by atoms with Crippen molar-refractivity contribution in [2.75, 3.05) is 19.0 Å². The van der Waals surface area contributed by atoms with Gasteiger partial charge in [-0.1, -0.05) is 17.2 Å². The molecular weight excluding hydrogens is 708 g/mol. The van der Waals surface area contributed by atoms with Crippen molar-refractivity contribution in [3.05, 3.63) is 86.3 Å². The van der Waals surface area contributed by atoms with Crippen LogP contribution in [0.5, 0.6) is 23.0 Å². The van der Waals surface area contributed by atoms with Crippen LogP contribution < -0.4 is 20.2 Å². The van der Waals surface area contributed by atoms with Crippen LogP contribution in [0.2, 0.25) is 0 Å². The molecule has 3 aliphatic rings. The highest BCUT2D eigenvalue weighted by Crippen LogP contribution is 2.52. The van der Waals surface area contributed by atoms with Crippen LogP contribution in [0.3, 0.4) is 0 Å². The van der Waals surface area contributed by atoms with Crippen molar-refractivity contribution < 1.29 is 49.0 Å². The zero-order valence-electron chi connectivity index (χ0n) is 29.2. The van der Waals surface area contributed by atoms with Crippen molar-refractivity contribution in [1.82, 2.24) is 5.43 Å². The Morgan fingerprint density at radius 3 is 2.51 bits per heavy atom. The predicted octanol–water partition coefficient (Wildman–Crippen LogP) is 4.55. The first kappa shape index (κ1) is 37.5. The number of methoxy groups -OCH3 is 1. The van der Waals surface area contributed by atoms with Gasteiger partial charge >= 0.3 is 0 Å². The number of azide groups is 1. The highest BCUT2D eigenvalue weighted by Gasteiger charge is 2.49. The van der Waals surface area contributed by atoms with E-state index in [-0.39, 0.29) is 58.1 Å². The molecule has 1 heterocycles. The summed E-state index contributed by atoms with van der Waals surface area (Å²) in [4.78, 5) is 30.7. The molecule has 0 amide bonds. The molecule has 0 aromatic heterocycles. The number of hydrogen-bond donors (Lipinski definition) is 6. The number of phenols is 2. The number of thiocarbonyl (C=S) groups is 1. The normalized spacial score (nSPS) is 24.9. The summed E-state index contributed by atoms with van der Waals surface area (Å²) in [6.45, 7) is 5.48. The number of hydrogen-bond acceptors (Lipinski definition) is 13. The molecule has 6 N–H and O–H groups in total. The van der Waals surface area contributed by atoms with Crippen molar-refractivity contribution in [1.29, 1.82) is 0 Å². The van der Waals surface area contributed by atoms with E-state index in [9.17, 15) is 30.0 Å². The monoisotopic (exact) mass is 746 g/mol. The number of aliphatic hydroxyl groups is 2. The van der Waals surface area contributed by atoms with Gasteiger partial charge in [-0.25, -0.2) is 0 Å². The molecule has 0 saturated carbocycles. The molecule has 16 nitrogen and oxygen atoms in total. The van der Waals surface area contributed by atoms with E-state index >= 15 is 0 Å². The van der Waals surface area contributed by atoms with Gasteiger partial charge in [0.15, 0.2) is 17.2 Å². The van der Waals surface area contributed by atoms with E-state index in [2.05, 4.69) is 25.9 Å². The second kappa shape index (κ2) is 15.0. The van der Waals surface area contributed by atoms with Gasteiger partial charge in [0, 0.05) is 46.6 Å². The van der Waals surface area contributed by atoms with Crippen LogP contribution in [0.4, 0.5) is 5.69 Å². The van der Waals surface area contributed by atoms with Gasteiger partial charge in [-0.15, -0.1) is 0 Å². The number of fused-ring (bicyclic) bond motifs is 3. The first-order chi connectivity index (χ1) is 25.3. The average molecular weight is 747 g/mol. The first-order valence-electron chi connectivity index (χ1n) is 16.8. The first-order valence-corrected chi connectivity index (χ1v) is 17.2. The summed E-state index contributed by atoms with van der Waals surface area (Å²) in [5.41, 5.74) is 9.56. The molecular formula is C36H38N6O10S. The minimum absolute atomic E-state index is 0.0295. The summed E-state index contributed by atoms with van der Waals surface area (Å²) >= 11 is 5.41. The Morgan fingerprint density at radius 1 is 1.11 bits per heavy atom. The Balaban J connectivity index is 1.38. The van der Waals surface area contributed by atoms with Gasteiger partial charge in [0.25, 0.3) is 0 Å². The fourth-order valence-corrected chi connectivity index (χ4v) is 7.15. The Bertz CT molecular complexity index is 2050. The fourth-order valence-electron chi connectivity index (χ4n) is 6.99. The summed E-state index contributed by atoms with van der Waals surface area (Å²) in [5, 5.41) is 57.5. The van der Waals surface area contributed by atoms with Crippen LogP contribution in [-0.2, 0) is 15.9 Å². The van der Waals surface area contributed by atoms with E-state index < -0.39 is 70.4 Å². The lowest BCUT2D eigenvalue weighted by atomic mass is 9.72. The lowest BCUT2D eigenvalue weighted by Gasteiger charge is -2.42. The van der Waals surface area contributed by atoms with E-state index in [1.807, 2.05) is 6.92 Å². The lowest BCUT2D eigenvalue weighted by Crippen LogP contribution is -2.49. The third kappa shape index (κ3) is 6.97. The van der Waals surface area contributed by atoms with Crippen LogP contribution >= 0.6 is 12.2 Å². The average Bonchev–Trinajstić information content (AvgIpc) is 3.13. The minimum Gasteiger partial charge on any atom is -0.507 e. The number of ketones is 2. The molecule has 0 unspecified atom stereocenters. The van der Waals surface area contributed by atoms with Crippen molar-refractivity contribution in [3.8, 4) is 23.0 Å². The Hall–Kier alpha value is -5.29. The van der Waals surface area contributed by atoms with E-state index in [1.165, 1.54) is 32.2 Å². The summed E-state index contributed by atoms with van der Waals surface area (Å²) in [6.07, 6.45) is -5.14. The van der Waals surface area contributed by atoms with Crippen LogP contribution in [0, 0.1) is 0 Å². The number of carbonyl (C=O) groups is 2. The number of nitrogens with one attached hydrogen (secondary N) is 2. The number of anilines is 1. The standard InChI is InChI=1S/C36H38N6O10S/c1-5-50-19-11-9-18(10-12-19)38-35(53)41-39-17(3)36(48)14-21-27(24(15-36)52-25-13-22(40-42-37)30(43)16(2)51-25)34(47)29-28(32(21)45)31(44)20-7-6-8-23(49-4)26(20)33(29)46/h6-12,16,22,24-25,30,43,45,47-48H,5,13-15H2,1-4H3,(H2,38,41,53)/b39-17+/t16-,22-,24-,25-,30+,36-/m0/s1. The highest BCUT2D eigenvalue weighted by atomic mass is 32.1. The Kier molecular flexibility index (Phi) is 10.6. The minimum atomic E-state index is -1.88. The zero-order chi connectivity index (χ0) is 38.2. The molecule has 3 aromatic rings. The summed E-state index contributed by atoms with van der Waals surface area (Å²) in [5.74, 6) is -1.95. The van der Waals surface area contributed by atoms with E-state index in [1.54, 1.807) is 31.2 Å². The van der Waals surface area contributed by atoms with Crippen molar-refractivity contribution in [3.63, 3.8) is 0 Å². The van der Waals surface area contributed by atoms with Crippen LogP contribution in [0.15, 0.2) is 52.7 Å². The van der Waals surface area contributed by atoms with Gasteiger partial charge in [-0.3, -0.25) is 15.0 Å². The molecule has 1 aliphatic heterocycles. The highest BCUT2D eigenvalue weighted by molar-refractivity contribution is 7.80. The topological polar surface area (TPSA) is 237 Å². The SMILES string of the molecule is CCOc1ccc(NC(=S)N/N=C(\C)[C@]2(O)Cc3c(O)c4c(c(O)c3[C@@H](O[C@H]3C[C@H](N=[N+]=[N-])[C@H](O)[C@H](C)O3)C2)C(=O)c2c(OC)cccc2C4=O)cc1. The molecule has 53 heavy (non-hydrogen) atoms. The molecule has 1 fully saturated rings. The molecule has 0 bridgehead atoms. The second-order valence-electron chi connectivity index (χ2n) is 12.9. The fraction of sp³-hybridized carbons (Fsp3) is 0.389. The Morgan fingerprint density at radius 2 is 1.83 bits per heavy atom. The van der Waals surface area contributed by atoms with Crippen molar-refractivity contribution >= 4 is 40.3 Å². The number of ether oxygens (including phenoxy) is 4. The third-order valence-electron chi connectivity index (χ3n) is 9.69. The maximum atomic E-state index is 14.0. The molecule has 17 heteroatoms. The zero-order valence-corrected chi connectivity index (χ0v) is 30.0. The van der Waals surface area contributed by atoms with Gasteiger partial charge < -0.3 is 44.7 Å². The molecule has 2 aliphatic carbocycles. The van der Waals surface area contributed by atoms with Gasteiger partial charge in [0.1, 0.15) is 28.6 Å². The molecule has 6 atom stereocenters. The predicted molar refractivity (Wildman–Crippen MR) is 195 cm³/mol. The van der Waals surface area contributed by atoms with Crippen LogP contribution in [0.25, 0.3) is 10.4 Å². The number of benzene rings is 3. The van der Waals surface area contributed by atoms with Gasteiger partial charge in [-0.2, -0.15) is 5.10 Å². The molecule has 1 saturated heterocycles. The smallest absolute Gasteiger partial charge is 0.202 e. The third-order valence-corrected chi connectivity index (χ3v) is 9.88. The number of phenolic OH excluding ortho intramolecular Hbond substituents is 2. The van der Waals surface area contributed by atoms with Crippen molar-refractivity contribution in [2.45, 2.75) is 76.3 Å². The van der Waals surface area contributed by atoms with E-state index in [0.717, 1.165) is 0 Å². The molecule has 0 radical (unpaired) electrons. The quantitative estimate of drug-likeness (QED) is 0.0263. The van der Waals surface area contributed by atoms with Gasteiger partial charge in [-0.05, 0) is 68.9 Å². The number of aromatic hydroxyl groups is 2. The number of rotatable bonds is 9. The number of aliphatic hydroxyl groups excluding tert-OH is 1. The summed E-state index contributed by atoms with van der Waals surface area (Å²) < 4.78 is 23.0. The summed E-state index contributed by atoms with van der Waals surface area (Å²) in [6, 6.07) is 10.6.